The molecule has 0 aliphatic rings. The summed E-state index contributed by atoms with van der Waals surface area (Å²) in [5.74, 6) is -2.42. The van der Waals surface area contributed by atoms with E-state index in [0.29, 0.717) is 10.9 Å². The number of H-pyrrole nitrogens is 1. The number of hydrogen-bond acceptors (Lipinski definition) is 4. The molecule has 6 nitrogen and oxygen atoms in total. The Morgan fingerprint density at radius 3 is 2.76 bits per heavy atom. The van der Waals surface area contributed by atoms with Gasteiger partial charge in [-0.3, -0.25) is 4.79 Å². The molecule has 0 amide bonds. The van der Waals surface area contributed by atoms with Crippen molar-refractivity contribution < 1.29 is 22.5 Å². The van der Waals surface area contributed by atoms with Crippen LogP contribution in [0.25, 0.3) is 10.9 Å². The Bertz CT molecular complexity index is 658. The SMILES string of the molecule is O=C(O)CS(=O)(=O)Oc1c[nH]c2ccccc12. The maximum absolute atomic E-state index is 11.3. The summed E-state index contributed by atoms with van der Waals surface area (Å²) in [6, 6.07) is 6.95. The molecule has 0 spiro atoms. The van der Waals surface area contributed by atoms with E-state index in [1.54, 1.807) is 24.3 Å². The lowest BCUT2D eigenvalue weighted by atomic mass is 10.2. The fraction of sp³-hybridized carbons (Fsp3) is 0.100. The van der Waals surface area contributed by atoms with Crippen molar-refractivity contribution >= 4 is 27.0 Å². The van der Waals surface area contributed by atoms with Crippen LogP contribution in [0.2, 0.25) is 0 Å². The molecule has 0 bridgehead atoms. The normalized spacial score (nSPS) is 11.5. The molecular weight excluding hydrogens is 246 g/mol. The summed E-state index contributed by atoms with van der Waals surface area (Å²) in [6.45, 7) is 0. The fourth-order valence-corrected chi connectivity index (χ4v) is 2.20. The number of benzene rings is 1. The van der Waals surface area contributed by atoms with Crippen molar-refractivity contribution in [2.24, 2.45) is 0 Å². The lowest BCUT2D eigenvalue weighted by Gasteiger charge is -2.02. The van der Waals surface area contributed by atoms with E-state index in [1.165, 1.54) is 6.20 Å². The molecular formula is C10H9NO5S. The van der Waals surface area contributed by atoms with E-state index in [-0.39, 0.29) is 5.75 Å². The van der Waals surface area contributed by atoms with E-state index in [0.717, 1.165) is 0 Å². The van der Waals surface area contributed by atoms with Crippen molar-refractivity contribution in [1.82, 2.24) is 4.98 Å². The molecule has 0 saturated heterocycles. The minimum atomic E-state index is -4.11. The average molecular weight is 255 g/mol. The van der Waals surface area contributed by atoms with Gasteiger partial charge < -0.3 is 14.3 Å². The Balaban J connectivity index is 2.33. The molecule has 2 N–H and O–H groups in total. The van der Waals surface area contributed by atoms with Gasteiger partial charge in [0.15, 0.2) is 11.5 Å². The highest BCUT2D eigenvalue weighted by Gasteiger charge is 2.19. The van der Waals surface area contributed by atoms with Crippen LogP contribution in [0.1, 0.15) is 0 Å². The monoisotopic (exact) mass is 255 g/mol. The van der Waals surface area contributed by atoms with Gasteiger partial charge >= 0.3 is 16.1 Å². The number of carboxylic acids is 1. The van der Waals surface area contributed by atoms with E-state index >= 15 is 0 Å². The minimum Gasteiger partial charge on any atom is -0.480 e. The third-order valence-corrected chi connectivity index (χ3v) is 3.10. The summed E-state index contributed by atoms with van der Waals surface area (Å²) in [6.07, 6.45) is 1.38. The number of para-hydroxylation sites is 1. The van der Waals surface area contributed by atoms with Crippen LogP contribution < -0.4 is 4.18 Å². The number of aliphatic carboxylic acids is 1. The molecule has 0 unspecified atom stereocenters. The lowest BCUT2D eigenvalue weighted by Crippen LogP contribution is -2.20. The summed E-state index contributed by atoms with van der Waals surface area (Å²) >= 11 is 0. The van der Waals surface area contributed by atoms with Crippen molar-refractivity contribution in [2.45, 2.75) is 0 Å². The van der Waals surface area contributed by atoms with Crippen LogP contribution in [0.15, 0.2) is 30.5 Å². The fourth-order valence-electron chi connectivity index (χ4n) is 1.43. The average Bonchev–Trinajstić information content (AvgIpc) is 2.59. The number of aromatic nitrogens is 1. The predicted octanol–water partition coefficient (Wildman–Crippen LogP) is 0.961. The van der Waals surface area contributed by atoms with Crippen LogP contribution in [-0.4, -0.2) is 30.2 Å². The standard InChI is InChI=1S/C10H9NO5S/c12-10(13)6-17(14,15)16-9-5-11-8-4-2-1-3-7(8)9/h1-5,11H,6H2,(H,12,13). The lowest BCUT2D eigenvalue weighted by molar-refractivity contribution is -0.134. The van der Waals surface area contributed by atoms with Crippen LogP contribution in [0, 0.1) is 0 Å². The van der Waals surface area contributed by atoms with Crippen molar-refractivity contribution in [3.05, 3.63) is 30.5 Å². The quantitative estimate of drug-likeness (QED) is 0.793. The number of fused-ring (bicyclic) bond motifs is 1. The summed E-state index contributed by atoms with van der Waals surface area (Å²) in [4.78, 5) is 13.2. The van der Waals surface area contributed by atoms with Crippen LogP contribution in [-0.2, 0) is 14.9 Å². The van der Waals surface area contributed by atoms with Gasteiger partial charge in [0.25, 0.3) is 0 Å². The maximum atomic E-state index is 11.3. The van der Waals surface area contributed by atoms with Crippen molar-refractivity contribution in [3.63, 3.8) is 0 Å². The number of carboxylic acid groups (broad SMARTS) is 1. The molecule has 0 aliphatic heterocycles. The second-order valence-corrected chi connectivity index (χ2v) is 4.95. The minimum absolute atomic E-state index is 0.0989. The van der Waals surface area contributed by atoms with E-state index in [2.05, 4.69) is 4.98 Å². The molecule has 2 rings (SSSR count). The first-order valence-electron chi connectivity index (χ1n) is 4.68. The summed E-state index contributed by atoms with van der Waals surface area (Å²) < 4.78 is 27.4. The van der Waals surface area contributed by atoms with Crippen LogP contribution in [0.5, 0.6) is 5.75 Å². The largest absolute Gasteiger partial charge is 0.480 e. The van der Waals surface area contributed by atoms with Gasteiger partial charge in [0.05, 0.1) is 0 Å². The Morgan fingerprint density at radius 1 is 1.35 bits per heavy atom. The highest BCUT2D eigenvalue weighted by Crippen LogP contribution is 2.26. The zero-order valence-electron chi connectivity index (χ0n) is 8.58. The summed E-state index contributed by atoms with van der Waals surface area (Å²) in [5, 5.41) is 9.01. The highest BCUT2D eigenvalue weighted by molar-refractivity contribution is 7.87. The van der Waals surface area contributed by atoms with E-state index in [1.807, 2.05) is 0 Å². The second kappa shape index (κ2) is 4.10. The molecule has 0 aliphatic carbocycles. The Labute approximate surface area is 97.0 Å². The Morgan fingerprint density at radius 2 is 2.06 bits per heavy atom. The maximum Gasteiger partial charge on any atom is 0.322 e. The zero-order valence-corrected chi connectivity index (χ0v) is 9.40. The van der Waals surface area contributed by atoms with Gasteiger partial charge in [0, 0.05) is 17.1 Å². The molecule has 1 aromatic carbocycles. The molecule has 2 aromatic rings. The van der Waals surface area contributed by atoms with Crippen molar-refractivity contribution in [3.8, 4) is 5.75 Å². The number of nitrogens with one attached hydrogen (secondary N) is 1. The number of aromatic amines is 1. The van der Waals surface area contributed by atoms with Gasteiger partial charge in [0.2, 0.25) is 0 Å². The first kappa shape index (κ1) is 11.5. The molecule has 0 saturated carbocycles. The molecule has 0 radical (unpaired) electrons. The topological polar surface area (TPSA) is 96.5 Å². The van der Waals surface area contributed by atoms with Gasteiger partial charge in [-0.15, -0.1) is 0 Å². The third kappa shape index (κ3) is 2.56. The first-order valence-corrected chi connectivity index (χ1v) is 6.26. The van der Waals surface area contributed by atoms with Crippen LogP contribution >= 0.6 is 0 Å². The Hall–Kier alpha value is -2.02. The zero-order chi connectivity index (χ0) is 12.5. The number of rotatable bonds is 4. The highest BCUT2D eigenvalue weighted by atomic mass is 32.2. The number of carbonyl (C=O) groups is 1. The Kier molecular flexibility index (Phi) is 2.76. The van der Waals surface area contributed by atoms with Gasteiger partial charge in [0.1, 0.15) is 0 Å². The predicted molar refractivity (Wildman–Crippen MR) is 60.3 cm³/mol. The van der Waals surface area contributed by atoms with Crippen LogP contribution in [0.3, 0.4) is 0 Å². The van der Waals surface area contributed by atoms with Gasteiger partial charge in [-0.1, -0.05) is 12.1 Å². The van der Waals surface area contributed by atoms with Gasteiger partial charge in [-0.05, 0) is 12.1 Å². The van der Waals surface area contributed by atoms with E-state index in [4.69, 9.17) is 9.29 Å². The van der Waals surface area contributed by atoms with Crippen molar-refractivity contribution in [2.75, 3.05) is 5.75 Å². The molecule has 7 heteroatoms. The smallest absolute Gasteiger partial charge is 0.322 e. The molecule has 1 heterocycles. The van der Waals surface area contributed by atoms with Gasteiger partial charge in [-0.2, -0.15) is 8.42 Å². The molecule has 1 aromatic heterocycles. The summed E-state index contributed by atoms with van der Waals surface area (Å²) in [7, 11) is -4.11. The van der Waals surface area contributed by atoms with Crippen molar-refractivity contribution in [1.29, 1.82) is 0 Å². The molecule has 17 heavy (non-hydrogen) atoms. The summed E-state index contributed by atoms with van der Waals surface area (Å²) in [5.41, 5.74) is 0.716. The second-order valence-electron chi connectivity index (χ2n) is 3.38. The van der Waals surface area contributed by atoms with E-state index < -0.39 is 21.8 Å². The number of hydrogen-bond donors (Lipinski definition) is 2. The third-order valence-electron chi connectivity index (χ3n) is 2.07. The molecule has 0 atom stereocenters. The van der Waals surface area contributed by atoms with E-state index in [9.17, 15) is 13.2 Å². The van der Waals surface area contributed by atoms with Crippen LogP contribution in [0.4, 0.5) is 0 Å². The van der Waals surface area contributed by atoms with Gasteiger partial charge in [-0.25, -0.2) is 0 Å². The molecule has 0 fully saturated rings. The first-order chi connectivity index (χ1) is 7.98. The molecule has 90 valence electrons.